The van der Waals surface area contributed by atoms with E-state index in [0.717, 1.165) is 0 Å². The average Bonchev–Trinajstić information content (AvgIpc) is 2.63. The summed E-state index contributed by atoms with van der Waals surface area (Å²) in [5.41, 5.74) is 6.87. The van der Waals surface area contributed by atoms with E-state index in [2.05, 4.69) is 71.1 Å². The molecular weight excluding hydrogens is 266 g/mol. The molecule has 4 rings (SSSR count). The topological polar surface area (TPSA) is 12.0 Å². The van der Waals surface area contributed by atoms with Crippen molar-refractivity contribution in [2.24, 2.45) is 16.2 Å². The third-order valence-electron chi connectivity index (χ3n) is 6.92. The molecule has 1 saturated carbocycles. The number of nitrogens with one attached hydrogen (secondary N) is 1. The molecule has 22 heavy (non-hydrogen) atoms. The first kappa shape index (κ1) is 14.4. The van der Waals surface area contributed by atoms with Crippen LogP contribution in [0, 0.1) is 23.2 Å². The predicted octanol–water partition coefficient (Wildman–Crippen LogP) is 5.67. The molecule has 0 aromatic heterocycles. The Hall–Kier alpha value is -1.24. The van der Waals surface area contributed by atoms with Crippen molar-refractivity contribution in [1.29, 1.82) is 0 Å². The highest BCUT2D eigenvalue weighted by Gasteiger charge is 2.61. The normalized spacial score (nSPS) is 36.9. The van der Waals surface area contributed by atoms with Gasteiger partial charge in [0.2, 0.25) is 0 Å². The molecule has 0 radical (unpaired) electrons. The van der Waals surface area contributed by atoms with Gasteiger partial charge in [-0.3, -0.25) is 0 Å². The molecule has 1 nitrogen and oxygen atoms in total. The van der Waals surface area contributed by atoms with Crippen molar-refractivity contribution < 1.29 is 0 Å². The molecule has 3 aliphatic rings. The Labute approximate surface area is 135 Å². The Morgan fingerprint density at radius 2 is 1.82 bits per heavy atom. The number of fused-ring (bicyclic) bond motifs is 2. The van der Waals surface area contributed by atoms with Crippen molar-refractivity contribution in [3.63, 3.8) is 0 Å². The molecule has 1 aromatic carbocycles. The van der Waals surface area contributed by atoms with Crippen LogP contribution in [0.25, 0.3) is 0 Å². The molecule has 1 fully saturated rings. The van der Waals surface area contributed by atoms with Gasteiger partial charge in [-0.25, -0.2) is 0 Å². The highest BCUT2D eigenvalue weighted by molar-refractivity contribution is 5.65. The highest BCUT2D eigenvalue weighted by atomic mass is 15.0. The Balaban J connectivity index is 1.98. The number of anilines is 1. The summed E-state index contributed by atoms with van der Waals surface area (Å²) in [6.07, 6.45) is 5.22. The fourth-order valence-corrected chi connectivity index (χ4v) is 5.93. The Kier molecular flexibility index (Phi) is 2.60. The number of rotatable bonds is 0. The highest BCUT2D eigenvalue weighted by Crippen LogP contribution is 2.68. The van der Waals surface area contributed by atoms with Crippen LogP contribution in [0.3, 0.4) is 0 Å². The Morgan fingerprint density at radius 1 is 1.09 bits per heavy atom. The van der Waals surface area contributed by atoms with Gasteiger partial charge in [-0.05, 0) is 42.2 Å². The molecule has 1 N–H and O–H groups in total. The summed E-state index contributed by atoms with van der Waals surface area (Å²) in [4.78, 5) is 0. The lowest BCUT2D eigenvalue weighted by Gasteiger charge is -2.56. The third kappa shape index (κ3) is 1.55. The van der Waals surface area contributed by atoms with Gasteiger partial charge in [0.25, 0.3) is 0 Å². The van der Waals surface area contributed by atoms with E-state index >= 15 is 0 Å². The lowest BCUT2D eigenvalue weighted by Crippen LogP contribution is -2.53. The maximum atomic E-state index is 3.97. The molecule has 1 aliphatic heterocycles. The van der Waals surface area contributed by atoms with E-state index in [9.17, 15) is 0 Å². The quantitative estimate of drug-likeness (QED) is 0.608. The summed E-state index contributed by atoms with van der Waals surface area (Å²) >= 11 is 0. The maximum Gasteiger partial charge on any atom is 0.0443 e. The molecule has 0 saturated heterocycles. The minimum Gasteiger partial charge on any atom is -0.380 e. The zero-order chi connectivity index (χ0) is 15.9. The van der Waals surface area contributed by atoms with Gasteiger partial charge in [-0.2, -0.15) is 0 Å². The van der Waals surface area contributed by atoms with E-state index in [1.807, 2.05) is 0 Å². The van der Waals surface area contributed by atoms with Gasteiger partial charge in [0.1, 0.15) is 0 Å². The van der Waals surface area contributed by atoms with Crippen LogP contribution in [-0.2, 0) is 0 Å². The van der Waals surface area contributed by atoms with Gasteiger partial charge in [0.05, 0.1) is 0 Å². The summed E-state index contributed by atoms with van der Waals surface area (Å²) in [5, 5.41) is 3.97. The molecular formula is C21H29N. The smallest absolute Gasteiger partial charge is 0.0443 e. The second-order valence-electron chi connectivity index (χ2n) is 9.25. The van der Waals surface area contributed by atoms with Crippen LogP contribution >= 0.6 is 0 Å². The molecule has 3 atom stereocenters. The monoisotopic (exact) mass is 295 g/mol. The van der Waals surface area contributed by atoms with Gasteiger partial charge >= 0.3 is 0 Å². The molecule has 1 heterocycles. The van der Waals surface area contributed by atoms with E-state index in [4.69, 9.17) is 0 Å². The maximum absolute atomic E-state index is 3.97. The SMILES string of the molecule is Cc1cccc2c1NC1C(C)(C)C=C3C(C)(C)CCC2C31C. The first-order chi connectivity index (χ1) is 10.2. The van der Waals surface area contributed by atoms with Crippen LogP contribution < -0.4 is 5.32 Å². The summed E-state index contributed by atoms with van der Waals surface area (Å²) < 4.78 is 0. The zero-order valence-corrected chi connectivity index (χ0v) is 14.9. The second kappa shape index (κ2) is 3.99. The molecule has 118 valence electrons. The largest absolute Gasteiger partial charge is 0.380 e. The molecule has 3 unspecified atom stereocenters. The van der Waals surface area contributed by atoms with E-state index in [0.29, 0.717) is 17.4 Å². The van der Waals surface area contributed by atoms with E-state index in [-0.39, 0.29) is 10.8 Å². The number of benzene rings is 1. The number of aryl methyl sites for hydroxylation is 1. The molecule has 1 aromatic rings. The van der Waals surface area contributed by atoms with Gasteiger partial charge in [0, 0.05) is 22.6 Å². The molecule has 2 aliphatic carbocycles. The first-order valence-corrected chi connectivity index (χ1v) is 8.78. The van der Waals surface area contributed by atoms with Crippen molar-refractivity contribution in [3.8, 4) is 0 Å². The molecule has 1 heteroatoms. The van der Waals surface area contributed by atoms with E-state index in [1.54, 1.807) is 11.1 Å². The van der Waals surface area contributed by atoms with Crippen molar-refractivity contribution in [2.45, 2.75) is 66.3 Å². The second-order valence-corrected chi connectivity index (χ2v) is 9.25. The lowest BCUT2D eigenvalue weighted by atomic mass is 9.52. The predicted molar refractivity (Wildman–Crippen MR) is 94.3 cm³/mol. The Bertz CT molecular complexity index is 679. The van der Waals surface area contributed by atoms with Crippen molar-refractivity contribution in [3.05, 3.63) is 41.0 Å². The number of para-hydroxylation sites is 1. The summed E-state index contributed by atoms with van der Waals surface area (Å²) in [6, 6.07) is 7.36. The number of hydrogen-bond acceptors (Lipinski definition) is 1. The summed E-state index contributed by atoms with van der Waals surface area (Å²) in [5.74, 6) is 0.662. The molecule has 0 spiro atoms. The first-order valence-electron chi connectivity index (χ1n) is 8.78. The summed E-state index contributed by atoms with van der Waals surface area (Å²) in [7, 11) is 0. The van der Waals surface area contributed by atoms with Crippen molar-refractivity contribution in [1.82, 2.24) is 0 Å². The Morgan fingerprint density at radius 3 is 2.55 bits per heavy atom. The van der Waals surface area contributed by atoms with Crippen LogP contribution in [0.2, 0.25) is 0 Å². The standard InChI is InChI=1S/C21H29N/c1-13-8-7-9-14-15-10-11-19(2,3)16-12-20(4,5)18(21(15,16)6)22-17(13)14/h7-9,12,15,18,22H,10-11H2,1-6H3. The van der Waals surface area contributed by atoms with Crippen LogP contribution in [0.1, 0.15) is 64.5 Å². The molecule has 0 amide bonds. The summed E-state index contributed by atoms with van der Waals surface area (Å²) in [6.45, 7) is 14.5. The third-order valence-corrected chi connectivity index (χ3v) is 6.92. The van der Waals surface area contributed by atoms with Crippen LogP contribution in [-0.4, -0.2) is 6.04 Å². The lowest BCUT2D eigenvalue weighted by molar-refractivity contribution is 0.126. The average molecular weight is 295 g/mol. The minimum absolute atomic E-state index is 0.212. The van der Waals surface area contributed by atoms with Crippen molar-refractivity contribution >= 4 is 5.69 Å². The van der Waals surface area contributed by atoms with Gasteiger partial charge in [0.15, 0.2) is 0 Å². The number of hydrogen-bond donors (Lipinski definition) is 1. The van der Waals surface area contributed by atoms with Crippen LogP contribution in [0.5, 0.6) is 0 Å². The van der Waals surface area contributed by atoms with Gasteiger partial charge < -0.3 is 5.32 Å². The van der Waals surface area contributed by atoms with E-state index < -0.39 is 0 Å². The van der Waals surface area contributed by atoms with Gasteiger partial charge in [-0.15, -0.1) is 0 Å². The van der Waals surface area contributed by atoms with E-state index in [1.165, 1.54) is 24.1 Å². The van der Waals surface area contributed by atoms with Crippen LogP contribution in [0.15, 0.2) is 29.8 Å². The van der Waals surface area contributed by atoms with Crippen molar-refractivity contribution in [2.75, 3.05) is 5.32 Å². The molecule has 0 bridgehead atoms. The van der Waals surface area contributed by atoms with Crippen LogP contribution in [0.4, 0.5) is 5.69 Å². The fraction of sp³-hybridized carbons (Fsp3) is 0.619. The van der Waals surface area contributed by atoms with Gasteiger partial charge in [-0.1, -0.05) is 64.5 Å². The minimum atomic E-state index is 0.212. The fourth-order valence-electron chi connectivity index (χ4n) is 5.93. The zero-order valence-electron chi connectivity index (χ0n) is 14.9.